The molecule has 27 rings (SSSR count). The van der Waals surface area contributed by atoms with Gasteiger partial charge in [0, 0.05) is 98.0 Å². The van der Waals surface area contributed by atoms with E-state index in [0.29, 0.717) is 73.6 Å². The predicted octanol–water partition coefficient (Wildman–Crippen LogP) is 29.7. The van der Waals surface area contributed by atoms with Crippen LogP contribution in [0.5, 0.6) is 0 Å². The van der Waals surface area contributed by atoms with Crippen LogP contribution in [-0.2, 0) is 0 Å². The molecule has 148 heavy (non-hydrogen) atoms. The molecule has 0 unspecified atom stereocenters. The van der Waals surface area contributed by atoms with Crippen LogP contribution in [0.3, 0.4) is 0 Å². The maximum Gasteiger partial charge on any atom is 0.196 e. The highest BCUT2D eigenvalue weighted by molar-refractivity contribution is 6.15. The zero-order valence-corrected chi connectivity index (χ0v) is 78.4. The molecule has 27 aromatic rings. The summed E-state index contributed by atoms with van der Waals surface area (Å²) in [4.78, 5) is 35.2. The Labute approximate surface area is 845 Å². The molecule has 0 bridgehead atoms. The second kappa shape index (κ2) is 36.3. The van der Waals surface area contributed by atoms with Gasteiger partial charge in [-0.1, -0.05) is 194 Å². The highest BCUT2D eigenvalue weighted by Gasteiger charge is 2.27. The van der Waals surface area contributed by atoms with Crippen molar-refractivity contribution in [2.24, 2.45) is 0 Å². The molecule has 15 aromatic carbocycles. The lowest BCUT2D eigenvalue weighted by Gasteiger charge is -2.15. The molecule has 0 aliphatic rings. The second-order valence-corrected chi connectivity index (χ2v) is 35.8. The van der Waals surface area contributed by atoms with Gasteiger partial charge in [-0.25, -0.2) is 34.7 Å². The molecular formula is C128H70N20. The largest absolute Gasteiger partial charge is 0.294 e. The van der Waals surface area contributed by atoms with E-state index < -0.39 is 0 Å². The van der Waals surface area contributed by atoms with E-state index in [1.807, 2.05) is 255 Å². The van der Waals surface area contributed by atoms with Crippen LogP contribution in [0.4, 0.5) is 5.69 Å². The van der Waals surface area contributed by atoms with Crippen molar-refractivity contribution in [1.29, 1.82) is 36.8 Å². The minimum absolute atomic E-state index is 0.535. The molecule has 0 aliphatic heterocycles. The Hall–Kier alpha value is -22.1. The summed E-state index contributed by atoms with van der Waals surface area (Å²) >= 11 is 0. The van der Waals surface area contributed by atoms with Gasteiger partial charge in [-0.05, 0) is 231 Å². The number of aromatic nitrogens is 12. The molecule has 0 radical (unpaired) electrons. The van der Waals surface area contributed by atoms with Crippen molar-refractivity contribution in [3.8, 4) is 145 Å². The van der Waals surface area contributed by atoms with Crippen LogP contribution in [0.15, 0.2) is 425 Å². The van der Waals surface area contributed by atoms with Gasteiger partial charge < -0.3 is 0 Å². The zero-order chi connectivity index (χ0) is 99.7. The van der Waals surface area contributed by atoms with Crippen molar-refractivity contribution in [3.05, 3.63) is 475 Å². The number of pyridine rings is 6. The first-order valence-corrected chi connectivity index (χ1v) is 47.6. The Morgan fingerprint density at radius 3 is 0.689 bits per heavy atom. The van der Waals surface area contributed by atoms with E-state index >= 15 is 0 Å². The Morgan fingerprint density at radius 2 is 0.392 bits per heavy atom. The van der Waals surface area contributed by atoms with Gasteiger partial charge in [-0.3, -0.25) is 27.4 Å². The number of nitriles is 7. The molecule has 0 saturated carbocycles. The molecule has 20 nitrogen and oxygen atoms in total. The Balaban J connectivity index is 0.000000115. The van der Waals surface area contributed by atoms with Crippen molar-refractivity contribution in [2.45, 2.75) is 0 Å². The maximum atomic E-state index is 9.76. The molecule has 0 N–H and O–H groups in total. The third kappa shape index (κ3) is 15.0. The Bertz CT molecular complexity index is 10400. The number of rotatable bonds is 12. The molecule has 12 heterocycles. The maximum absolute atomic E-state index is 9.76. The van der Waals surface area contributed by atoms with E-state index in [1.165, 1.54) is 0 Å². The smallest absolute Gasteiger partial charge is 0.196 e. The molecule has 12 aromatic heterocycles. The number of benzene rings is 15. The number of hydrogen-bond acceptors (Lipinski definition) is 13. The predicted molar refractivity (Wildman–Crippen MR) is 584 cm³/mol. The molecule has 0 aliphatic carbocycles. The number of para-hydroxylation sites is 8. The van der Waals surface area contributed by atoms with E-state index in [1.54, 1.807) is 36.4 Å². The summed E-state index contributed by atoms with van der Waals surface area (Å²) in [6, 6.07) is 155. The summed E-state index contributed by atoms with van der Waals surface area (Å²) in [5.41, 5.74) is 25.8. The first-order valence-electron chi connectivity index (χ1n) is 47.6. The Morgan fingerprint density at radius 1 is 0.169 bits per heavy atom. The van der Waals surface area contributed by atoms with Gasteiger partial charge in [0.25, 0.3) is 0 Å². The summed E-state index contributed by atoms with van der Waals surface area (Å²) in [5.74, 6) is 4.25. The molecule has 0 spiro atoms. The van der Waals surface area contributed by atoms with Crippen molar-refractivity contribution in [1.82, 2.24) is 57.3 Å². The van der Waals surface area contributed by atoms with Crippen molar-refractivity contribution >= 4 is 137 Å². The minimum Gasteiger partial charge on any atom is -0.294 e. The van der Waals surface area contributed by atoms with Crippen LogP contribution in [0.2, 0.25) is 0 Å². The lowest BCUT2D eigenvalue weighted by Crippen LogP contribution is -2.05. The van der Waals surface area contributed by atoms with Gasteiger partial charge in [0.2, 0.25) is 0 Å². The Kier molecular flexibility index (Phi) is 21.4. The van der Waals surface area contributed by atoms with Crippen LogP contribution in [0.1, 0.15) is 38.9 Å². The summed E-state index contributed by atoms with van der Waals surface area (Å²) < 4.78 is 13.0. The number of fused-ring (bicyclic) bond motifs is 18. The summed E-state index contributed by atoms with van der Waals surface area (Å²) in [6.07, 6.45) is 0. The van der Waals surface area contributed by atoms with E-state index in [4.69, 9.17) is 36.5 Å². The van der Waals surface area contributed by atoms with Gasteiger partial charge in [0.15, 0.2) is 5.69 Å². The van der Waals surface area contributed by atoms with Crippen LogP contribution >= 0.6 is 0 Å². The SMILES string of the molecule is N#Cc1ccc(-c2cccc(-c3cc(-n4c5ccccc5c5ccccc54)nc(-n4c5ccccc5c5cc(C#N)ccc54)c3)n2)cc1.N#Cc1cccc(-c2cccc(-c3cc(-n4c5ccccc5c5ccccc54)nc(-n4c5ccc(C#N)cc5c5cc(C#N)ccc54)c3)n2)c1.[C-]#[N+]c1ccccc1-c1cccc(-c2cc(-n3c4ccccc4c4ccccc43)nc(-n3c4ccc(C#N)cc4c4cc(C#N)ccc43)c2)n1. The topological polar surface area (TPSA) is 278 Å². The summed E-state index contributed by atoms with van der Waals surface area (Å²) in [6.45, 7) is 7.73. The number of hydrogen-bond donors (Lipinski definition) is 0. The van der Waals surface area contributed by atoms with Crippen LogP contribution in [0.25, 0.3) is 238 Å². The zero-order valence-electron chi connectivity index (χ0n) is 78.4. The first-order chi connectivity index (χ1) is 73.0. The van der Waals surface area contributed by atoms with Crippen molar-refractivity contribution in [2.75, 3.05) is 0 Å². The monoisotopic (exact) mass is 1890 g/mol. The molecule has 20 heteroatoms. The molecule has 682 valence electrons. The molecule has 0 saturated heterocycles. The molecule has 0 atom stereocenters. The van der Waals surface area contributed by atoms with Gasteiger partial charge in [-0.15, -0.1) is 0 Å². The summed E-state index contributed by atoms with van der Waals surface area (Å²) in [5, 5.41) is 79.9. The molecular weight excluding hydrogens is 1820 g/mol. The average Bonchev–Trinajstić information content (AvgIpc) is 1.58. The van der Waals surface area contributed by atoms with E-state index in [-0.39, 0.29) is 0 Å². The standard InChI is InChI=1S/2C43H23N7.C42H24N6/c1-46-36-12-5-2-11-32(36)37-14-8-13-35(47-37)29-23-42(49-38-15-6-3-9-30(38)31-10-4-7-16-39(31)49)48-43(24-29)50-40-19-17-27(25-44)21-33(40)34-22-28(26-45)18-20-41(34)50;44-24-27-7-5-8-30(19-27)36-11-6-12-37(47-36)31-22-42(49-38-13-3-1-9-32(38)33-10-2-4-14-39(33)49)48-43(23-31)50-40-17-15-28(25-45)20-34(40)35-21-29(26-46)16-18-41(35)50;43-25-27-16-19-29(20-17-27)35-11-7-12-36(45-35)30-23-41(47-37-13-4-1-8-31(37)32-9-2-5-14-38(32)47)46-42(24-30)48-39-15-6-3-10-33(39)34-22-28(26-44)18-21-40(34)48/h2-24H;1-23H;1-24H. The van der Waals surface area contributed by atoms with E-state index in [0.717, 1.165) is 204 Å². The van der Waals surface area contributed by atoms with Crippen LogP contribution in [0, 0.1) is 85.9 Å². The second-order valence-electron chi connectivity index (χ2n) is 35.8. The van der Waals surface area contributed by atoms with Crippen molar-refractivity contribution in [3.63, 3.8) is 0 Å². The van der Waals surface area contributed by atoms with Crippen LogP contribution < -0.4 is 0 Å². The third-order valence-corrected chi connectivity index (χ3v) is 27.4. The normalized spacial score (nSPS) is 11.2. The third-order valence-electron chi connectivity index (χ3n) is 27.4. The highest BCUT2D eigenvalue weighted by atomic mass is 15.2. The van der Waals surface area contributed by atoms with Crippen molar-refractivity contribution < 1.29 is 0 Å². The van der Waals surface area contributed by atoms with Gasteiger partial charge in [0.05, 0.1) is 188 Å². The van der Waals surface area contributed by atoms with E-state index in [9.17, 15) is 36.8 Å². The van der Waals surface area contributed by atoms with Crippen LogP contribution in [-0.4, -0.2) is 57.3 Å². The van der Waals surface area contributed by atoms with Gasteiger partial charge in [-0.2, -0.15) is 36.8 Å². The lowest BCUT2D eigenvalue weighted by molar-refractivity contribution is 1.01. The van der Waals surface area contributed by atoms with E-state index in [2.05, 4.69) is 208 Å². The van der Waals surface area contributed by atoms with Gasteiger partial charge in [0.1, 0.15) is 34.9 Å². The molecule has 0 amide bonds. The summed E-state index contributed by atoms with van der Waals surface area (Å²) in [7, 11) is 0. The fraction of sp³-hybridized carbons (Fsp3) is 0. The molecule has 0 fully saturated rings. The van der Waals surface area contributed by atoms with Gasteiger partial charge >= 0.3 is 0 Å². The first kappa shape index (κ1) is 87.4. The minimum atomic E-state index is 0.535. The lowest BCUT2D eigenvalue weighted by atomic mass is 10.1. The number of nitrogens with zero attached hydrogens (tertiary/aromatic N) is 20. The average molecular weight is 1890 g/mol. The fourth-order valence-electron chi connectivity index (χ4n) is 20.8. The highest BCUT2D eigenvalue weighted by Crippen LogP contribution is 2.45. The quantitative estimate of drug-likeness (QED) is 0.103. The fourth-order valence-corrected chi connectivity index (χ4v) is 20.8.